The van der Waals surface area contributed by atoms with E-state index in [1.807, 2.05) is 12.3 Å². The van der Waals surface area contributed by atoms with Crippen LogP contribution in [0, 0.1) is 0 Å². The van der Waals surface area contributed by atoms with Gasteiger partial charge in [0.25, 0.3) is 0 Å². The van der Waals surface area contributed by atoms with Gasteiger partial charge in [0, 0.05) is 37.8 Å². The zero-order chi connectivity index (χ0) is 16.0. The molecule has 2 aliphatic rings. The molecule has 0 N–H and O–H groups in total. The van der Waals surface area contributed by atoms with E-state index in [1.165, 1.54) is 31.8 Å². The molecule has 23 heavy (non-hydrogen) atoms. The normalized spacial score (nSPS) is 26.8. The molecule has 2 saturated heterocycles. The van der Waals surface area contributed by atoms with Gasteiger partial charge in [-0.2, -0.15) is 0 Å². The van der Waals surface area contributed by atoms with Gasteiger partial charge in [0.2, 0.25) is 0 Å². The van der Waals surface area contributed by atoms with Crippen molar-refractivity contribution in [2.75, 3.05) is 33.2 Å². The fourth-order valence-electron chi connectivity index (χ4n) is 4.19. The molecule has 2 aromatic heterocycles. The standard InChI is InChI=1S/C18H27N5/c1-13(2)22-10-7-15(12-22)23-17(14-6-9-21(3)11-14)20-16-5-4-8-19-18(16)23/h4-5,8,13-15H,6-7,9-12H2,1-3H3. The Labute approximate surface area is 138 Å². The quantitative estimate of drug-likeness (QED) is 0.872. The van der Waals surface area contributed by atoms with E-state index in [1.54, 1.807) is 0 Å². The fourth-order valence-corrected chi connectivity index (χ4v) is 4.19. The van der Waals surface area contributed by atoms with Crippen LogP contribution in [0.15, 0.2) is 18.3 Å². The van der Waals surface area contributed by atoms with Crippen LogP contribution in [0.5, 0.6) is 0 Å². The lowest BCUT2D eigenvalue weighted by atomic mass is 10.1. The van der Waals surface area contributed by atoms with Crippen LogP contribution in [-0.4, -0.2) is 63.6 Å². The summed E-state index contributed by atoms with van der Waals surface area (Å²) in [4.78, 5) is 14.7. The van der Waals surface area contributed by atoms with E-state index in [9.17, 15) is 0 Å². The van der Waals surface area contributed by atoms with Gasteiger partial charge in [-0.1, -0.05) is 0 Å². The molecule has 2 aliphatic heterocycles. The number of aromatic nitrogens is 3. The van der Waals surface area contributed by atoms with E-state index in [-0.39, 0.29) is 0 Å². The Morgan fingerprint density at radius 3 is 2.74 bits per heavy atom. The van der Waals surface area contributed by atoms with E-state index in [0.29, 0.717) is 18.0 Å². The average molecular weight is 313 g/mol. The fraction of sp³-hybridized carbons (Fsp3) is 0.667. The number of rotatable bonds is 3. The zero-order valence-corrected chi connectivity index (χ0v) is 14.4. The highest BCUT2D eigenvalue weighted by molar-refractivity contribution is 5.71. The van der Waals surface area contributed by atoms with Crippen molar-refractivity contribution in [2.24, 2.45) is 0 Å². The summed E-state index contributed by atoms with van der Waals surface area (Å²) in [6.07, 6.45) is 4.32. The molecule has 2 atom stereocenters. The number of imidazole rings is 1. The topological polar surface area (TPSA) is 37.2 Å². The smallest absolute Gasteiger partial charge is 0.160 e. The van der Waals surface area contributed by atoms with Crippen molar-refractivity contribution < 1.29 is 0 Å². The van der Waals surface area contributed by atoms with Gasteiger partial charge in [0.05, 0.1) is 6.04 Å². The molecule has 0 aliphatic carbocycles. The highest BCUT2D eigenvalue weighted by atomic mass is 15.3. The highest BCUT2D eigenvalue weighted by Crippen LogP contribution is 2.34. The minimum atomic E-state index is 0.512. The summed E-state index contributed by atoms with van der Waals surface area (Å²) in [5.74, 6) is 1.81. The summed E-state index contributed by atoms with van der Waals surface area (Å²) in [6.45, 7) is 9.17. The monoisotopic (exact) mass is 313 g/mol. The van der Waals surface area contributed by atoms with Gasteiger partial charge in [0.15, 0.2) is 5.65 Å². The molecule has 2 fully saturated rings. The second-order valence-corrected chi connectivity index (χ2v) is 7.47. The predicted octanol–water partition coefficient (Wildman–Crippen LogP) is 2.51. The lowest BCUT2D eigenvalue weighted by Crippen LogP contribution is -2.29. The highest BCUT2D eigenvalue weighted by Gasteiger charge is 2.33. The molecule has 124 valence electrons. The summed E-state index contributed by atoms with van der Waals surface area (Å²) in [7, 11) is 2.21. The minimum absolute atomic E-state index is 0.512. The molecule has 4 heterocycles. The molecule has 0 spiro atoms. The number of fused-ring (bicyclic) bond motifs is 1. The van der Waals surface area contributed by atoms with Crippen LogP contribution in [0.4, 0.5) is 0 Å². The maximum atomic E-state index is 5.00. The Morgan fingerprint density at radius 1 is 1.17 bits per heavy atom. The third kappa shape index (κ3) is 2.66. The van der Waals surface area contributed by atoms with Gasteiger partial charge in [-0.15, -0.1) is 0 Å². The van der Waals surface area contributed by atoms with Crippen molar-refractivity contribution in [2.45, 2.75) is 44.7 Å². The minimum Gasteiger partial charge on any atom is -0.308 e. The van der Waals surface area contributed by atoms with Gasteiger partial charge in [0.1, 0.15) is 11.3 Å². The van der Waals surface area contributed by atoms with Crippen LogP contribution >= 0.6 is 0 Å². The summed E-state index contributed by atoms with van der Waals surface area (Å²) in [5.41, 5.74) is 2.13. The number of pyridine rings is 1. The van der Waals surface area contributed by atoms with Gasteiger partial charge in [-0.05, 0) is 52.4 Å². The first kappa shape index (κ1) is 15.1. The molecule has 2 aromatic rings. The molecule has 0 radical (unpaired) electrons. The average Bonchev–Trinajstić information content (AvgIpc) is 3.23. The van der Waals surface area contributed by atoms with E-state index < -0.39 is 0 Å². The van der Waals surface area contributed by atoms with Crippen molar-refractivity contribution in [3.8, 4) is 0 Å². The molecule has 5 nitrogen and oxygen atoms in total. The van der Waals surface area contributed by atoms with Gasteiger partial charge in [-0.3, -0.25) is 4.90 Å². The zero-order valence-electron chi connectivity index (χ0n) is 14.4. The number of hydrogen-bond donors (Lipinski definition) is 0. The Bertz CT molecular complexity index is 692. The van der Waals surface area contributed by atoms with Gasteiger partial charge in [-0.25, -0.2) is 9.97 Å². The van der Waals surface area contributed by atoms with Gasteiger partial charge >= 0.3 is 0 Å². The number of hydrogen-bond acceptors (Lipinski definition) is 4. The summed E-state index contributed by atoms with van der Waals surface area (Å²) >= 11 is 0. The molecular formula is C18H27N5. The first-order valence-electron chi connectivity index (χ1n) is 8.89. The second kappa shape index (κ2) is 5.87. The molecule has 0 saturated carbocycles. The lowest BCUT2D eigenvalue weighted by molar-refractivity contribution is 0.264. The first-order chi connectivity index (χ1) is 11.1. The predicted molar refractivity (Wildman–Crippen MR) is 92.7 cm³/mol. The molecule has 0 amide bonds. The van der Waals surface area contributed by atoms with Crippen molar-refractivity contribution in [3.63, 3.8) is 0 Å². The van der Waals surface area contributed by atoms with E-state index in [0.717, 1.165) is 24.3 Å². The first-order valence-corrected chi connectivity index (χ1v) is 8.89. The number of nitrogens with zero attached hydrogens (tertiary/aromatic N) is 5. The molecule has 5 heteroatoms. The van der Waals surface area contributed by atoms with Crippen LogP contribution < -0.4 is 0 Å². The summed E-state index contributed by atoms with van der Waals surface area (Å²) in [5, 5.41) is 0. The van der Waals surface area contributed by atoms with E-state index in [2.05, 4.69) is 46.3 Å². The SMILES string of the molecule is CC(C)N1CCC(n2c(C3CCN(C)C3)nc3cccnc32)C1. The third-order valence-corrected chi connectivity index (χ3v) is 5.52. The maximum absolute atomic E-state index is 5.00. The van der Waals surface area contributed by atoms with Crippen LogP contribution in [0.3, 0.4) is 0 Å². The Morgan fingerprint density at radius 2 is 2.04 bits per heavy atom. The van der Waals surface area contributed by atoms with Crippen LogP contribution in [-0.2, 0) is 0 Å². The molecule has 4 rings (SSSR count). The van der Waals surface area contributed by atoms with Gasteiger partial charge < -0.3 is 9.47 Å². The lowest BCUT2D eigenvalue weighted by Gasteiger charge is -2.22. The van der Waals surface area contributed by atoms with Crippen LogP contribution in [0.2, 0.25) is 0 Å². The Balaban J connectivity index is 1.74. The van der Waals surface area contributed by atoms with E-state index >= 15 is 0 Å². The Kier molecular flexibility index (Phi) is 3.85. The largest absolute Gasteiger partial charge is 0.308 e. The molecule has 2 unspecified atom stereocenters. The number of likely N-dealkylation sites (tertiary alicyclic amines) is 2. The Hall–Kier alpha value is -1.46. The van der Waals surface area contributed by atoms with Crippen molar-refractivity contribution in [1.82, 2.24) is 24.3 Å². The third-order valence-electron chi connectivity index (χ3n) is 5.52. The summed E-state index contributed by atoms with van der Waals surface area (Å²) < 4.78 is 2.47. The summed E-state index contributed by atoms with van der Waals surface area (Å²) in [6, 6.07) is 5.23. The maximum Gasteiger partial charge on any atom is 0.160 e. The van der Waals surface area contributed by atoms with E-state index in [4.69, 9.17) is 4.98 Å². The second-order valence-electron chi connectivity index (χ2n) is 7.47. The van der Waals surface area contributed by atoms with Crippen LogP contribution in [0.25, 0.3) is 11.2 Å². The molecular weight excluding hydrogens is 286 g/mol. The van der Waals surface area contributed by atoms with Crippen molar-refractivity contribution in [3.05, 3.63) is 24.2 Å². The molecule has 0 bridgehead atoms. The van der Waals surface area contributed by atoms with Crippen LogP contribution in [0.1, 0.15) is 44.5 Å². The van der Waals surface area contributed by atoms with Crippen molar-refractivity contribution in [1.29, 1.82) is 0 Å². The van der Waals surface area contributed by atoms with Crippen molar-refractivity contribution >= 4 is 11.2 Å². The molecule has 0 aromatic carbocycles. The number of likely N-dealkylation sites (N-methyl/N-ethyl adjacent to an activating group) is 1.